The Hall–Kier alpha value is -2.30. The average Bonchev–Trinajstić information content (AvgIpc) is 2.76. The number of hydrogen-bond acceptors (Lipinski definition) is 4. The molecule has 0 aliphatic heterocycles. The SMILES string of the molecule is Cc1nc(COc2cccc(NC(=O)C(C)C)c2)oc1C. The highest BCUT2D eigenvalue weighted by atomic mass is 16.5. The van der Waals surface area contributed by atoms with E-state index in [1.54, 1.807) is 6.07 Å². The van der Waals surface area contributed by atoms with Crippen LogP contribution in [0, 0.1) is 19.8 Å². The molecule has 2 aromatic rings. The van der Waals surface area contributed by atoms with Crippen molar-refractivity contribution in [1.82, 2.24) is 4.98 Å². The van der Waals surface area contributed by atoms with Gasteiger partial charge in [0.05, 0.1) is 5.69 Å². The van der Waals surface area contributed by atoms with Crippen molar-refractivity contribution >= 4 is 11.6 Å². The van der Waals surface area contributed by atoms with Gasteiger partial charge in [-0.3, -0.25) is 4.79 Å². The van der Waals surface area contributed by atoms with Crippen LogP contribution in [0.25, 0.3) is 0 Å². The Bertz CT molecular complexity index is 613. The minimum Gasteiger partial charge on any atom is -0.484 e. The highest BCUT2D eigenvalue weighted by molar-refractivity contribution is 5.92. The molecule has 1 N–H and O–H groups in total. The summed E-state index contributed by atoms with van der Waals surface area (Å²) in [6.07, 6.45) is 0. The summed E-state index contributed by atoms with van der Waals surface area (Å²) < 4.78 is 11.1. The van der Waals surface area contributed by atoms with Gasteiger partial charge < -0.3 is 14.5 Å². The van der Waals surface area contributed by atoms with Gasteiger partial charge >= 0.3 is 0 Å². The van der Waals surface area contributed by atoms with Gasteiger partial charge in [0.15, 0.2) is 6.61 Å². The van der Waals surface area contributed by atoms with E-state index >= 15 is 0 Å². The molecule has 0 fully saturated rings. The van der Waals surface area contributed by atoms with Crippen molar-refractivity contribution in [3.8, 4) is 5.75 Å². The minimum atomic E-state index is -0.0622. The molecule has 1 aromatic carbocycles. The van der Waals surface area contributed by atoms with E-state index in [9.17, 15) is 4.79 Å². The zero-order valence-electron chi connectivity index (χ0n) is 12.8. The van der Waals surface area contributed by atoms with E-state index < -0.39 is 0 Å². The van der Waals surface area contributed by atoms with Gasteiger partial charge in [0.25, 0.3) is 0 Å². The Balaban J connectivity index is 1.99. The molecule has 5 heteroatoms. The first-order valence-corrected chi connectivity index (χ1v) is 6.92. The number of rotatable bonds is 5. The minimum absolute atomic E-state index is 0.0221. The Morgan fingerprint density at radius 3 is 2.76 bits per heavy atom. The number of nitrogens with zero attached hydrogens (tertiary/aromatic N) is 1. The number of amides is 1. The monoisotopic (exact) mass is 288 g/mol. The molecule has 0 bridgehead atoms. The summed E-state index contributed by atoms with van der Waals surface area (Å²) in [6.45, 7) is 7.72. The highest BCUT2D eigenvalue weighted by Gasteiger charge is 2.09. The predicted octanol–water partition coefficient (Wildman–Crippen LogP) is 3.46. The van der Waals surface area contributed by atoms with Crippen LogP contribution in [-0.2, 0) is 11.4 Å². The van der Waals surface area contributed by atoms with Crippen LogP contribution in [0.15, 0.2) is 28.7 Å². The van der Waals surface area contributed by atoms with E-state index in [1.165, 1.54) is 0 Å². The van der Waals surface area contributed by atoms with E-state index in [0.717, 1.165) is 11.5 Å². The van der Waals surface area contributed by atoms with Crippen LogP contribution in [0.3, 0.4) is 0 Å². The van der Waals surface area contributed by atoms with E-state index in [1.807, 2.05) is 45.9 Å². The molecule has 0 unspecified atom stereocenters. The van der Waals surface area contributed by atoms with Gasteiger partial charge in [0, 0.05) is 17.7 Å². The lowest BCUT2D eigenvalue weighted by atomic mass is 10.2. The Morgan fingerprint density at radius 1 is 1.38 bits per heavy atom. The van der Waals surface area contributed by atoms with Crippen molar-refractivity contribution < 1.29 is 13.9 Å². The standard InChI is InChI=1S/C16H20N2O3/c1-10(2)16(19)18-13-6-5-7-14(8-13)20-9-15-17-11(3)12(4)21-15/h5-8,10H,9H2,1-4H3,(H,18,19). The molecule has 0 radical (unpaired) electrons. The summed E-state index contributed by atoms with van der Waals surface area (Å²) >= 11 is 0. The van der Waals surface area contributed by atoms with Crippen molar-refractivity contribution in [3.63, 3.8) is 0 Å². The number of aryl methyl sites for hydroxylation is 2. The van der Waals surface area contributed by atoms with E-state index in [4.69, 9.17) is 9.15 Å². The number of ether oxygens (including phenoxy) is 1. The molecular formula is C16H20N2O3. The molecule has 0 aliphatic rings. The molecule has 0 aliphatic carbocycles. The Morgan fingerprint density at radius 2 is 2.14 bits per heavy atom. The molecule has 5 nitrogen and oxygen atoms in total. The number of oxazole rings is 1. The fraction of sp³-hybridized carbons (Fsp3) is 0.375. The van der Waals surface area contributed by atoms with E-state index in [0.29, 0.717) is 17.3 Å². The molecule has 0 saturated carbocycles. The van der Waals surface area contributed by atoms with Crippen molar-refractivity contribution in [3.05, 3.63) is 41.6 Å². The first kappa shape index (κ1) is 15.1. The van der Waals surface area contributed by atoms with Crippen LogP contribution in [0.1, 0.15) is 31.2 Å². The lowest BCUT2D eigenvalue weighted by molar-refractivity contribution is -0.118. The van der Waals surface area contributed by atoms with Crippen LogP contribution in [0.4, 0.5) is 5.69 Å². The maximum Gasteiger partial charge on any atom is 0.232 e. The lowest BCUT2D eigenvalue weighted by Gasteiger charge is -2.09. The summed E-state index contributed by atoms with van der Waals surface area (Å²) in [5, 5.41) is 2.84. The number of aromatic nitrogens is 1. The van der Waals surface area contributed by atoms with Crippen molar-refractivity contribution in [2.75, 3.05) is 5.32 Å². The van der Waals surface area contributed by atoms with E-state index in [-0.39, 0.29) is 18.4 Å². The summed E-state index contributed by atoms with van der Waals surface area (Å²) in [4.78, 5) is 15.9. The number of nitrogens with one attached hydrogen (secondary N) is 1. The second-order valence-electron chi connectivity index (χ2n) is 5.21. The fourth-order valence-corrected chi connectivity index (χ4v) is 1.70. The lowest BCUT2D eigenvalue weighted by Crippen LogP contribution is -2.17. The smallest absolute Gasteiger partial charge is 0.232 e. The fourth-order valence-electron chi connectivity index (χ4n) is 1.70. The number of carbonyl (C=O) groups excluding carboxylic acids is 1. The first-order valence-electron chi connectivity index (χ1n) is 6.92. The van der Waals surface area contributed by atoms with Gasteiger partial charge in [-0.2, -0.15) is 0 Å². The molecule has 1 aromatic heterocycles. The molecule has 1 heterocycles. The highest BCUT2D eigenvalue weighted by Crippen LogP contribution is 2.19. The third-order valence-corrected chi connectivity index (χ3v) is 3.06. The quantitative estimate of drug-likeness (QED) is 0.915. The zero-order chi connectivity index (χ0) is 15.4. The van der Waals surface area contributed by atoms with Gasteiger partial charge in [0.1, 0.15) is 11.5 Å². The molecule has 0 spiro atoms. The molecule has 0 atom stereocenters. The van der Waals surface area contributed by atoms with Crippen molar-refractivity contribution in [1.29, 1.82) is 0 Å². The molecule has 21 heavy (non-hydrogen) atoms. The second-order valence-corrected chi connectivity index (χ2v) is 5.21. The molecule has 0 saturated heterocycles. The van der Waals surface area contributed by atoms with Crippen molar-refractivity contribution in [2.45, 2.75) is 34.3 Å². The largest absolute Gasteiger partial charge is 0.484 e. The topological polar surface area (TPSA) is 64.4 Å². The van der Waals surface area contributed by atoms with Crippen LogP contribution in [0.2, 0.25) is 0 Å². The number of carbonyl (C=O) groups is 1. The van der Waals surface area contributed by atoms with E-state index in [2.05, 4.69) is 10.3 Å². The molecule has 112 valence electrons. The van der Waals surface area contributed by atoms with Crippen LogP contribution >= 0.6 is 0 Å². The third kappa shape index (κ3) is 4.08. The van der Waals surface area contributed by atoms with Gasteiger partial charge in [-0.05, 0) is 26.0 Å². The summed E-state index contributed by atoms with van der Waals surface area (Å²) in [7, 11) is 0. The maximum absolute atomic E-state index is 11.7. The Kier molecular flexibility index (Phi) is 4.62. The van der Waals surface area contributed by atoms with Crippen LogP contribution < -0.4 is 10.1 Å². The summed E-state index contributed by atoms with van der Waals surface area (Å²) in [6, 6.07) is 7.26. The van der Waals surface area contributed by atoms with Gasteiger partial charge in [-0.1, -0.05) is 19.9 Å². The zero-order valence-corrected chi connectivity index (χ0v) is 12.8. The summed E-state index contributed by atoms with van der Waals surface area (Å²) in [5.74, 6) is 1.91. The first-order chi connectivity index (χ1) is 9.95. The predicted molar refractivity (Wildman–Crippen MR) is 80.2 cm³/mol. The van der Waals surface area contributed by atoms with Crippen LogP contribution in [-0.4, -0.2) is 10.9 Å². The molecule has 1 amide bonds. The van der Waals surface area contributed by atoms with Gasteiger partial charge in [-0.15, -0.1) is 0 Å². The van der Waals surface area contributed by atoms with Gasteiger partial charge in [-0.25, -0.2) is 4.98 Å². The van der Waals surface area contributed by atoms with Gasteiger partial charge in [0.2, 0.25) is 11.8 Å². The van der Waals surface area contributed by atoms with Crippen molar-refractivity contribution in [2.24, 2.45) is 5.92 Å². The molecular weight excluding hydrogens is 268 g/mol. The summed E-state index contributed by atoms with van der Waals surface area (Å²) in [5.41, 5.74) is 1.58. The normalized spacial score (nSPS) is 10.7. The average molecular weight is 288 g/mol. The number of anilines is 1. The van der Waals surface area contributed by atoms with Crippen LogP contribution in [0.5, 0.6) is 5.75 Å². The third-order valence-electron chi connectivity index (χ3n) is 3.06. The number of benzene rings is 1. The maximum atomic E-state index is 11.7. The Labute approximate surface area is 124 Å². The molecule has 2 rings (SSSR count). The number of hydrogen-bond donors (Lipinski definition) is 1. The second kappa shape index (κ2) is 6.43.